The maximum absolute atomic E-state index is 4.61. The molecule has 1 aliphatic heterocycles. The average molecular weight is 268 g/mol. The third kappa shape index (κ3) is 3.26. The minimum Gasteiger partial charge on any atom is -0.357 e. The number of amidine groups is 1. The normalized spacial score (nSPS) is 21.6. The summed E-state index contributed by atoms with van der Waals surface area (Å²) in [5.74, 6) is 0.699. The topological polar surface area (TPSA) is 24.4 Å². The van der Waals surface area contributed by atoms with Gasteiger partial charge >= 0.3 is 0 Å². The van der Waals surface area contributed by atoms with Crippen molar-refractivity contribution in [3.63, 3.8) is 0 Å². The summed E-state index contributed by atoms with van der Waals surface area (Å²) in [6.07, 6.45) is 1.10. The van der Waals surface area contributed by atoms with E-state index in [1.54, 1.807) is 0 Å². The maximum Gasteiger partial charge on any atom is 0.157 e. The Hall–Kier alpha value is -0.480. The van der Waals surface area contributed by atoms with Gasteiger partial charge in [-0.05, 0) is 23.8 Å². The summed E-state index contributed by atoms with van der Waals surface area (Å²) in [5.41, 5.74) is 0. The molecule has 0 spiro atoms. The van der Waals surface area contributed by atoms with Crippen molar-refractivity contribution in [1.29, 1.82) is 0 Å². The third-order valence-corrected chi connectivity index (χ3v) is 5.47. The molecule has 0 bridgehead atoms. The van der Waals surface area contributed by atoms with Gasteiger partial charge in [0, 0.05) is 10.1 Å². The molecule has 1 aliphatic rings. The minimum atomic E-state index is 0.423. The number of nitrogens with zero attached hydrogens (tertiary/aromatic N) is 1. The second kappa shape index (κ2) is 5.91. The van der Waals surface area contributed by atoms with Crippen molar-refractivity contribution >= 4 is 28.3 Å². The molecule has 0 radical (unpaired) electrons. The van der Waals surface area contributed by atoms with Gasteiger partial charge in [0.2, 0.25) is 0 Å². The van der Waals surface area contributed by atoms with Crippen LogP contribution in [0.15, 0.2) is 22.5 Å². The zero-order chi connectivity index (χ0) is 12.3. The van der Waals surface area contributed by atoms with E-state index < -0.39 is 0 Å². The second-order valence-corrected chi connectivity index (χ2v) is 6.87. The molecule has 1 aromatic rings. The summed E-state index contributed by atoms with van der Waals surface area (Å²) < 4.78 is 0. The first-order chi connectivity index (χ1) is 8.20. The monoisotopic (exact) mass is 268 g/mol. The summed E-state index contributed by atoms with van der Waals surface area (Å²) in [6.45, 7) is 7.72. The summed E-state index contributed by atoms with van der Waals surface area (Å²) >= 11 is 3.72. The summed E-state index contributed by atoms with van der Waals surface area (Å²) in [7, 11) is 0. The predicted molar refractivity (Wildman–Crippen MR) is 79.0 cm³/mol. The van der Waals surface area contributed by atoms with Crippen molar-refractivity contribution in [2.45, 2.75) is 38.5 Å². The number of aliphatic imine (C=N–C) groups is 1. The van der Waals surface area contributed by atoms with E-state index >= 15 is 0 Å². The van der Waals surface area contributed by atoms with Crippen molar-refractivity contribution in [2.75, 3.05) is 6.54 Å². The molecule has 4 heteroatoms. The van der Waals surface area contributed by atoms with Gasteiger partial charge < -0.3 is 5.32 Å². The zero-order valence-electron chi connectivity index (χ0n) is 10.6. The molecule has 1 aromatic heterocycles. The number of nitrogens with one attached hydrogen (secondary N) is 1. The molecule has 0 fully saturated rings. The van der Waals surface area contributed by atoms with Crippen LogP contribution in [0.25, 0.3) is 0 Å². The van der Waals surface area contributed by atoms with Crippen LogP contribution < -0.4 is 5.32 Å². The van der Waals surface area contributed by atoms with Gasteiger partial charge in [0.15, 0.2) is 5.17 Å². The lowest BCUT2D eigenvalue weighted by Crippen LogP contribution is -2.25. The highest BCUT2D eigenvalue weighted by atomic mass is 32.2. The van der Waals surface area contributed by atoms with E-state index in [4.69, 9.17) is 0 Å². The van der Waals surface area contributed by atoms with Crippen molar-refractivity contribution in [2.24, 2.45) is 10.9 Å². The van der Waals surface area contributed by atoms with Crippen molar-refractivity contribution in [1.82, 2.24) is 5.32 Å². The van der Waals surface area contributed by atoms with Crippen LogP contribution in [0, 0.1) is 5.92 Å². The number of hydrogen-bond donors (Lipinski definition) is 1. The van der Waals surface area contributed by atoms with Gasteiger partial charge in [-0.15, -0.1) is 11.3 Å². The van der Waals surface area contributed by atoms with E-state index in [1.807, 2.05) is 23.1 Å². The van der Waals surface area contributed by atoms with Gasteiger partial charge in [-0.3, -0.25) is 4.99 Å². The molecule has 0 aliphatic carbocycles. The van der Waals surface area contributed by atoms with E-state index in [1.165, 1.54) is 4.88 Å². The Morgan fingerprint density at radius 3 is 2.88 bits per heavy atom. The maximum atomic E-state index is 4.61. The van der Waals surface area contributed by atoms with Crippen LogP contribution in [0.1, 0.15) is 38.1 Å². The van der Waals surface area contributed by atoms with Crippen LogP contribution in [0.5, 0.6) is 0 Å². The molecule has 0 saturated heterocycles. The molecule has 17 heavy (non-hydrogen) atoms. The Kier molecular flexibility index (Phi) is 4.51. The van der Waals surface area contributed by atoms with Gasteiger partial charge in [-0.1, -0.05) is 38.6 Å². The Morgan fingerprint density at radius 1 is 1.53 bits per heavy atom. The van der Waals surface area contributed by atoms with Crippen LogP contribution in [0.4, 0.5) is 0 Å². The fraction of sp³-hybridized carbons (Fsp3) is 0.615. The smallest absolute Gasteiger partial charge is 0.157 e. The fourth-order valence-electron chi connectivity index (χ4n) is 1.83. The molecule has 2 rings (SSSR count). The van der Waals surface area contributed by atoms with Crippen LogP contribution in [-0.2, 0) is 0 Å². The average Bonchev–Trinajstić information content (AvgIpc) is 2.96. The molecule has 94 valence electrons. The third-order valence-electron chi connectivity index (χ3n) is 3.01. The molecule has 2 unspecified atom stereocenters. The highest BCUT2D eigenvalue weighted by Gasteiger charge is 2.24. The Labute approximate surface area is 112 Å². The lowest BCUT2D eigenvalue weighted by molar-refractivity contribution is 0.619. The van der Waals surface area contributed by atoms with E-state index in [2.05, 4.69) is 48.6 Å². The molecular formula is C13H20N2S2. The highest BCUT2D eigenvalue weighted by molar-refractivity contribution is 8.14. The lowest BCUT2D eigenvalue weighted by atomic mass is 10.1. The SMILES string of the molecule is CCC(NC1=NCC(C(C)C)S1)c1cccs1. The molecule has 2 atom stereocenters. The van der Waals surface area contributed by atoms with Gasteiger partial charge in [0.25, 0.3) is 0 Å². The van der Waals surface area contributed by atoms with Gasteiger partial charge in [-0.25, -0.2) is 0 Å². The summed E-state index contributed by atoms with van der Waals surface area (Å²) in [4.78, 5) is 6.02. The lowest BCUT2D eigenvalue weighted by Gasteiger charge is -2.17. The number of thiophene rings is 1. The fourth-order valence-corrected chi connectivity index (χ4v) is 3.76. The standard InChI is InChI=1S/C13H20N2S2/c1-4-10(11-6-5-7-16-11)15-13-14-8-12(17-13)9(2)3/h5-7,9-10,12H,4,8H2,1-3H3,(H,14,15). The van der Waals surface area contributed by atoms with Crippen LogP contribution in [0.2, 0.25) is 0 Å². The highest BCUT2D eigenvalue weighted by Crippen LogP contribution is 2.29. The zero-order valence-corrected chi connectivity index (χ0v) is 12.3. The first kappa shape index (κ1) is 13.0. The van der Waals surface area contributed by atoms with E-state index in [0.29, 0.717) is 17.2 Å². The van der Waals surface area contributed by atoms with Crippen molar-refractivity contribution in [3.8, 4) is 0 Å². The van der Waals surface area contributed by atoms with Gasteiger partial charge in [0.1, 0.15) is 0 Å². The molecule has 0 aromatic carbocycles. The molecule has 1 N–H and O–H groups in total. The van der Waals surface area contributed by atoms with E-state index in [-0.39, 0.29) is 0 Å². The molecular weight excluding hydrogens is 248 g/mol. The van der Waals surface area contributed by atoms with Crippen molar-refractivity contribution < 1.29 is 0 Å². The van der Waals surface area contributed by atoms with Crippen molar-refractivity contribution in [3.05, 3.63) is 22.4 Å². The second-order valence-electron chi connectivity index (χ2n) is 4.67. The van der Waals surface area contributed by atoms with E-state index in [0.717, 1.165) is 18.1 Å². The first-order valence-corrected chi connectivity index (χ1v) is 7.97. The summed E-state index contributed by atoms with van der Waals surface area (Å²) in [6, 6.07) is 4.74. The summed E-state index contributed by atoms with van der Waals surface area (Å²) in [5, 5.41) is 7.50. The Morgan fingerprint density at radius 2 is 2.35 bits per heavy atom. The molecule has 0 amide bonds. The molecule has 2 heterocycles. The van der Waals surface area contributed by atoms with Crippen LogP contribution in [0.3, 0.4) is 0 Å². The number of thioether (sulfide) groups is 1. The largest absolute Gasteiger partial charge is 0.357 e. The van der Waals surface area contributed by atoms with Gasteiger partial charge in [-0.2, -0.15) is 0 Å². The molecule has 2 nitrogen and oxygen atoms in total. The Balaban J connectivity index is 1.93. The van der Waals surface area contributed by atoms with Crippen LogP contribution in [-0.4, -0.2) is 17.0 Å². The first-order valence-electron chi connectivity index (χ1n) is 6.21. The van der Waals surface area contributed by atoms with E-state index in [9.17, 15) is 0 Å². The predicted octanol–water partition coefficient (Wildman–Crippen LogP) is 3.92. The minimum absolute atomic E-state index is 0.423. The molecule has 0 saturated carbocycles. The Bertz CT molecular complexity index is 371. The van der Waals surface area contributed by atoms with Gasteiger partial charge in [0.05, 0.1) is 12.6 Å². The quantitative estimate of drug-likeness (QED) is 0.895. The number of hydrogen-bond acceptors (Lipinski definition) is 4. The van der Waals surface area contributed by atoms with Crippen LogP contribution >= 0.6 is 23.1 Å². The number of rotatable bonds is 4.